The number of esters is 1. The third kappa shape index (κ3) is 6.44. The van der Waals surface area contributed by atoms with E-state index in [9.17, 15) is 4.79 Å². The second-order valence-electron chi connectivity index (χ2n) is 9.12. The van der Waals surface area contributed by atoms with Crippen LogP contribution in [0, 0.1) is 0 Å². The summed E-state index contributed by atoms with van der Waals surface area (Å²) in [4.78, 5) is 13.6. The topological polar surface area (TPSA) is 57.1 Å². The minimum atomic E-state index is -2.72. The van der Waals surface area contributed by atoms with Gasteiger partial charge in [0.25, 0.3) is 0 Å². The third-order valence-electron chi connectivity index (χ3n) is 6.12. The zero-order chi connectivity index (χ0) is 28.4. The first kappa shape index (κ1) is 28.7. The van der Waals surface area contributed by atoms with Crippen LogP contribution in [0.3, 0.4) is 0 Å². The molecule has 204 valence electrons. The summed E-state index contributed by atoms with van der Waals surface area (Å²) in [6.45, 7) is 8.15. The highest BCUT2D eigenvalue weighted by Crippen LogP contribution is 2.48. The quantitative estimate of drug-likeness (QED) is 0.0898. The van der Waals surface area contributed by atoms with E-state index in [-0.39, 0.29) is 12.3 Å². The van der Waals surface area contributed by atoms with Crippen molar-refractivity contribution in [1.29, 1.82) is 0 Å². The zero-order valence-corrected chi connectivity index (χ0v) is 24.0. The summed E-state index contributed by atoms with van der Waals surface area (Å²) >= 11 is 0. The summed E-state index contributed by atoms with van der Waals surface area (Å²) in [5.74, 6) is 0.546. The zero-order valence-electron chi connectivity index (χ0n) is 23.1. The second-order valence-corrected chi connectivity index (χ2v) is 12.1. The lowest BCUT2D eigenvalue weighted by Crippen LogP contribution is -2.26. The molecule has 0 amide bonds. The SMILES string of the molecule is C=C(C)COc1c(/C=C(\N=P(c2ccccc2)(c2ccccc2)c2ccccc2)C(=O)OCC)cccc1OC. The molecule has 0 radical (unpaired) electrons. The number of benzene rings is 4. The van der Waals surface area contributed by atoms with Crippen molar-refractivity contribution in [2.24, 2.45) is 4.74 Å². The first-order valence-electron chi connectivity index (χ1n) is 13.1. The molecule has 0 N–H and O–H groups in total. The van der Waals surface area contributed by atoms with Gasteiger partial charge in [0.1, 0.15) is 12.3 Å². The van der Waals surface area contributed by atoms with Gasteiger partial charge < -0.3 is 14.2 Å². The molecule has 0 saturated heterocycles. The summed E-state index contributed by atoms with van der Waals surface area (Å²) in [5, 5.41) is 3.06. The van der Waals surface area contributed by atoms with Gasteiger partial charge in [-0.25, -0.2) is 9.54 Å². The number of rotatable bonds is 11. The van der Waals surface area contributed by atoms with E-state index in [1.54, 1.807) is 20.1 Å². The van der Waals surface area contributed by atoms with Gasteiger partial charge in [-0.15, -0.1) is 0 Å². The molecule has 0 aliphatic rings. The van der Waals surface area contributed by atoms with E-state index in [0.29, 0.717) is 23.7 Å². The number of hydrogen-bond donors (Lipinski definition) is 0. The van der Waals surface area contributed by atoms with Crippen molar-refractivity contribution in [2.75, 3.05) is 20.3 Å². The van der Waals surface area contributed by atoms with Crippen molar-refractivity contribution in [2.45, 2.75) is 13.8 Å². The first-order chi connectivity index (χ1) is 19.5. The molecular weight excluding hydrogens is 517 g/mol. The lowest BCUT2D eigenvalue weighted by atomic mass is 10.1. The van der Waals surface area contributed by atoms with Crippen molar-refractivity contribution in [3.63, 3.8) is 0 Å². The largest absolute Gasteiger partial charge is 0.493 e. The molecule has 5 nitrogen and oxygen atoms in total. The summed E-state index contributed by atoms with van der Waals surface area (Å²) < 4.78 is 22.6. The summed E-state index contributed by atoms with van der Waals surface area (Å²) in [6.07, 6.45) is 1.73. The van der Waals surface area contributed by atoms with Crippen LogP contribution in [0.5, 0.6) is 11.5 Å². The normalized spacial score (nSPS) is 11.4. The van der Waals surface area contributed by atoms with Crippen molar-refractivity contribution in [3.05, 3.63) is 133 Å². The minimum absolute atomic E-state index is 0.195. The smallest absolute Gasteiger partial charge is 0.356 e. The molecular formula is C34H34NO4P. The number of carbonyl (C=O) groups excluding carboxylic acids is 1. The lowest BCUT2D eigenvalue weighted by Gasteiger charge is -2.27. The Balaban J connectivity index is 2.10. The Kier molecular flexibility index (Phi) is 9.77. The standard InChI is InChI=1S/C34H34NO4P/c1-5-38-34(36)31(24-27-16-15-23-32(37-4)33(27)39-25-26(2)3)35-40(28-17-9-6-10-18-28,29-19-11-7-12-20-29)30-21-13-8-14-22-30/h6-24H,2,5,25H2,1,3-4H3/b31-24-. The van der Waals surface area contributed by atoms with Gasteiger partial charge in [0.05, 0.1) is 20.8 Å². The second kappa shape index (κ2) is 13.6. The summed E-state index contributed by atoms with van der Waals surface area (Å²) in [6, 6.07) is 36.0. The monoisotopic (exact) mass is 551 g/mol. The number of carbonyl (C=O) groups is 1. The third-order valence-corrected chi connectivity index (χ3v) is 9.77. The molecule has 0 unspecified atom stereocenters. The van der Waals surface area contributed by atoms with Crippen LogP contribution >= 0.6 is 7.05 Å². The van der Waals surface area contributed by atoms with Crippen molar-refractivity contribution >= 4 is 35.0 Å². The molecule has 0 saturated carbocycles. The molecule has 0 aliphatic carbocycles. The van der Waals surface area contributed by atoms with Crippen LogP contribution in [-0.4, -0.2) is 26.3 Å². The van der Waals surface area contributed by atoms with Crippen LogP contribution in [0.15, 0.2) is 132 Å². The van der Waals surface area contributed by atoms with E-state index in [2.05, 4.69) is 43.0 Å². The number of para-hydroxylation sites is 1. The van der Waals surface area contributed by atoms with Gasteiger partial charge in [0.2, 0.25) is 0 Å². The van der Waals surface area contributed by atoms with Gasteiger partial charge in [0.15, 0.2) is 11.5 Å². The molecule has 0 atom stereocenters. The van der Waals surface area contributed by atoms with Crippen LogP contribution in [0.25, 0.3) is 6.08 Å². The Morgan fingerprint density at radius 3 is 1.80 bits per heavy atom. The van der Waals surface area contributed by atoms with Gasteiger partial charge in [-0.1, -0.05) is 110 Å². The summed E-state index contributed by atoms with van der Waals surface area (Å²) in [5.41, 5.74) is 1.71. The number of nitrogens with zero attached hydrogens (tertiary/aromatic N) is 1. The van der Waals surface area contributed by atoms with Crippen LogP contribution in [0.1, 0.15) is 19.4 Å². The fourth-order valence-electron chi connectivity index (χ4n) is 4.35. The molecule has 4 aromatic carbocycles. The fourth-order valence-corrected chi connectivity index (χ4v) is 7.87. The Morgan fingerprint density at radius 1 is 0.825 bits per heavy atom. The molecule has 6 heteroatoms. The van der Waals surface area contributed by atoms with E-state index in [1.807, 2.05) is 79.7 Å². The van der Waals surface area contributed by atoms with Gasteiger partial charge in [-0.3, -0.25) is 0 Å². The van der Waals surface area contributed by atoms with Crippen molar-refractivity contribution in [1.82, 2.24) is 0 Å². The van der Waals surface area contributed by atoms with E-state index < -0.39 is 13.0 Å². The highest BCUT2D eigenvalue weighted by Gasteiger charge is 2.29. The average Bonchev–Trinajstić information content (AvgIpc) is 2.99. The van der Waals surface area contributed by atoms with Crippen LogP contribution < -0.4 is 25.4 Å². The molecule has 4 rings (SSSR count). The Bertz CT molecular complexity index is 1430. The maximum atomic E-state index is 13.6. The van der Waals surface area contributed by atoms with Gasteiger partial charge in [-0.2, -0.15) is 0 Å². The van der Waals surface area contributed by atoms with E-state index in [0.717, 1.165) is 21.5 Å². The maximum Gasteiger partial charge on any atom is 0.356 e. The first-order valence-corrected chi connectivity index (χ1v) is 14.9. The Morgan fingerprint density at radius 2 is 1.35 bits per heavy atom. The van der Waals surface area contributed by atoms with Crippen molar-refractivity contribution < 1.29 is 19.0 Å². The molecule has 40 heavy (non-hydrogen) atoms. The Hall–Kier alpha value is -4.34. The van der Waals surface area contributed by atoms with E-state index >= 15 is 0 Å². The average molecular weight is 552 g/mol. The van der Waals surface area contributed by atoms with Gasteiger partial charge in [-0.05, 0) is 31.6 Å². The molecule has 0 aliphatic heterocycles. The molecule has 0 heterocycles. The molecule has 0 fully saturated rings. The van der Waals surface area contributed by atoms with Gasteiger partial charge in [0, 0.05) is 21.5 Å². The van der Waals surface area contributed by atoms with E-state index in [4.69, 9.17) is 19.0 Å². The molecule has 0 bridgehead atoms. The summed E-state index contributed by atoms with van der Waals surface area (Å²) in [7, 11) is -1.13. The number of hydrogen-bond acceptors (Lipinski definition) is 5. The number of ether oxygens (including phenoxy) is 3. The highest BCUT2D eigenvalue weighted by molar-refractivity contribution is 7.87. The van der Waals surface area contributed by atoms with Crippen LogP contribution in [-0.2, 0) is 9.53 Å². The highest BCUT2D eigenvalue weighted by atomic mass is 31.2. The van der Waals surface area contributed by atoms with Crippen molar-refractivity contribution in [3.8, 4) is 11.5 Å². The van der Waals surface area contributed by atoms with Crippen LogP contribution in [0.2, 0.25) is 0 Å². The molecule has 0 aromatic heterocycles. The predicted molar refractivity (Wildman–Crippen MR) is 165 cm³/mol. The predicted octanol–water partition coefficient (Wildman–Crippen LogP) is 6.73. The van der Waals surface area contributed by atoms with Gasteiger partial charge >= 0.3 is 5.97 Å². The maximum absolute atomic E-state index is 13.6. The lowest BCUT2D eigenvalue weighted by molar-refractivity contribution is -0.138. The minimum Gasteiger partial charge on any atom is -0.493 e. The fraction of sp³-hybridized carbons (Fsp3) is 0.147. The van der Waals surface area contributed by atoms with Crippen LogP contribution in [0.4, 0.5) is 0 Å². The molecule has 0 spiro atoms. The number of methoxy groups -OCH3 is 1. The van der Waals surface area contributed by atoms with E-state index in [1.165, 1.54) is 0 Å². The molecule has 4 aromatic rings. The Labute approximate surface area is 236 Å².